The maximum Gasteiger partial charge on any atom is 0.335 e. The Morgan fingerprint density at radius 3 is 2.52 bits per heavy atom. The largest absolute Gasteiger partial charge is 0.748 e. The number of fused-ring (bicyclic) bond motifs is 1. The van der Waals surface area contributed by atoms with Crippen molar-refractivity contribution in [2.24, 2.45) is 0 Å². The molecule has 23 heavy (non-hydrogen) atoms. The molecule has 7 heteroatoms. The fourth-order valence-corrected chi connectivity index (χ4v) is 3.26. The van der Waals surface area contributed by atoms with Crippen LogP contribution in [0.3, 0.4) is 0 Å². The van der Waals surface area contributed by atoms with Crippen LogP contribution in [0.4, 0.5) is 5.69 Å². The number of rotatable bonds is 5. The Hall–Kier alpha value is -1.73. The predicted octanol–water partition coefficient (Wildman–Crippen LogP) is 2.10. The Bertz CT molecular complexity index is 793. The fraction of sp³-hybridized carbons (Fsp3) is 0.500. The monoisotopic (exact) mass is 339 g/mol. The second kappa shape index (κ2) is 5.72. The molecule has 0 spiro atoms. The van der Waals surface area contributed by atoms with Crippen molar-refractivity contribution in [3.05, 3.63) is 29.3 Å². The van der Waals surface area contributed by atoms with Gasteiger partial charge in [-0.3, -0.25) is 0 Å². The number of nitrogens with zero attached hydrogens (tertiary/aromatic N) is 1. The highest BCUT2D eigenvalue weighted by Gasteiger charge is 2.43. The number of carboxylic acids is 1. The predicted molar refractivity (Wildman–Crippen MR) is 85.7 cm³/mol. The van der Waals surface area contributed by atoms with Gasteiger partial charge in [0.1, 0.15) is 6.54 Å². The van der Waals surface area contributed by atoms with Gasteiger partial charge < -0.3 is 9.66 Å². The molecular weight excluding hydrogens is 318 g/mol. The van der Waals surface area contributed by atoms with Gasteiger partial charge in [-0.15, -0.1) is 0 Å². The Labute approximate surface area is 136 Å². The van der Waals surface area contributed by atoms with Crippen molar-refractivity contribution in [2.75, 3.05) is 6.54 Å². The van der Waals surface area contributed by atoms with E-state index in [-0.39, 0.29) is 17.4 Å². The molecule has 1 aliphatic rings. The zero-order chi connectivity index (χ0) is 17.6. The molecular formula is C16H21NO5S. The first-order chi connectivity index (χ1) is 10.5. The molecule has 1 aliphatic heterocycles. The summed E-state index contributed by atoms with van der Waals surface area (Å²) < 4.78 is 35.2. The first kappa shape index (κ1) is 17.6. The summed E-state index contributed by atoms with van der Waals surface area (Å²) in [4.78, 5) is 11.2. The number of hydrogen-bond acceptors (Lipinski definition) is 4. The molecule has 1 aromatic rings. The molecule has 126 valence electrons. The standard InChI is InChI=1S/C16H21NO5S/c1-10(23(20,21)22)7-8-17-11(2)16(3,4)13-9-12(15(18)19)5-6-14(13)17/h5-6,9-10H,7-8H2,1-4H3,(H-,18,19,20,21,22). The third-order valence-corrected chi connectivity index (χ3v) is 5.99. The second-order valence-electron chi connectivity index (χ2n) is 6.49. The van der Waals surface area contributed by atoms with Crippen molar-refractivity contribution in [2.45, 2.75) is 44.8 Å². The number of hydrogen-bond donors (Lipinski definition) is 1. The topological polar surface area (TPSA) is 97.5 Å². The van der Waals surface area contributed by atoms with Gasteiger partial charge in [0.05, 0.1) is 26.3 Å². The normalized spacial score (nSPS) is 18.0. The molecule has 1 heterocycles. The van der Waals surface area contributed by atoms with Crippen LogP contribution in [-0.2, 0) is 15.5 Å². The van der Waals surface area contributed by atoms with Gasteiger partial charge in [0.15, 0.2) is 5.71 Å². The van der Waals surface area contributed by atoms with E-state index in [1.807, 2.05) is 25.3 Å². The summed E-state index contributed by atoms with van der Waals surface area (Å²) >= 11 is 0. The molecule has 1 atom stereocenters. The van der Waals surface area contributed by atoms with E-state index in [9.17, 15) is 17.8 Å². The summed E-state index contributed by atoms with van der Waals surface area (Å²) in [5, 5.41) is 8.20. The van der Waals surface area contributed by atoms with Gasteiger partial charge in [-0.25, -0.2) is 13.2 Å². The number of carbonyl (C=O) groups is 1. The lowest BCUT2D eigenvalue weighted by molar-refractivity contribution is -0.439. The molecule has 1 N–H and O–H groups in total. The number of aromatic carboxylic acids is 1. The van der Waals surface area contributed by atoms with Gasteiger partial charge in [0, 0.05) is 25.0 Å². The van der Waals surface area contributed by atoms with Crippen LogP contribution in [0.2, 0.25) is 0 Å². The molecule has 6 nitrogen and oxygen atoms in total. The van der Waals surface area contributed by atoms with Gasteiger partial charge in [-0.05, 0) is 32.9 Å². The molecule has 2 rings (SSSR count). The summed E-state index contributed by atoms with van der Waals surface area (Å²) in [5.74, 6) is -0.981. The van der Waals surface area contributed by atoms with Crippen LogP contribution in [-0.4, -0.2) is 46.1 Å². The van der Waals surface area contributed by atoms with Gasteiger partial charge in [-0.1, -0.05) is 0 Å². The quantitative estimate of drug-likeness (QED) is 0.654. The van der Waals surface area contributed by atoms with Crippen molar-refractivity contribution >= 4 is 27.5 Å². The smallest absolute Gasteiger partial charge is 0.335 e. The van der Waals surface area contributed by atoms with Gasteiger partial charge >= 0.3 is 5.97 Å². The highest BCUT2D eigenvalue weighted by Crippen LogP contribution is 2.40. The van der Waals surface area contributed by atoms with E-state index in [0.29, 0.717) is 6.54 Å². The van der Waals surface area contributed by atoms with E-state index < -0.39 is 21.3 Å². The zero-order valence-corrected chi connectivity index (χ0v) is 14.5. The minimum atomic E-state index is -4.30. The van der Waals surface area contributed by atoms with Crippen LogP contribution in [0, 0.1) is 0 Å². The number of benzene rings is 1. The molecule has 0 amide bonds. The van der Waals surface area contributed by atoms with Crippen LogP contribution >= 0.6 is 0 Å². The summed E-state index contributed by atoms with van der Waals surface area (Å²) in [6.07, 6.45) is 0.222. The molecule has 0 radical (unpaired) electrons. The minimum Gasteiger partial charge on any atom is -0.748 e. The van der Waals surface area contributed by atoms with E-state index in [1.165, 1.54) is 13.0 Å². The van der Waals surface area contributed by atoms with Crippen molar-refractivity contribution < 1.29 is 27.4 Å². The van der Waals surface area contributed by atoms with Crippen molar-refractivity contribution in [1.82, 2.24) is 0 Å². The summed E-state index contributed by atoms with van der Waals surface area (Å²) in [5.41, 5.74) is 2.65. The lowest BCUT2D eigenvalue weighted by atomic mass is 9.81. The summed E-state index contributed by atoms with van der Waals surface area (Å²) in [6.45, 7) is 7.75. The first-order valence-corrected chi connectivity index (χ1v) is 8.87. The maximum absolute atomic E-state index is 11.2. The molecule has 0 saturated carbocycles. The highest BCUT2D eigenvalue weighted by atomic mass is 32.2. The van der Waals surface area contributed by atoms with Crippen molar-refractivity contribution in [1.29, 1.82) is 0 Å². The van der Waals surface area contributed by atoms with Crippen LogP contribution in [0.5, 0.6) is 0 Å². The molecule has 1 unspecified atom stereocenters. The Morgan fingerprint density at radius 1 is 1.39 bits per heavy atom. The third-order valence-electron chi connectivity index (χ3n) is 4.77. The van der Waals surface area contributed by atoms with Crippen LogP contribution in [0.15, 0.2) is 18.2 Å². The van der Waals surface area contributed by atoms with E-state index in [0.717, 1.165) is 17.0 Å². The Balaban J connectivity index is 2.39. The maximum atomic E-state index is 11.2. The summed E-state index contributed by atoms with van der Waals surface area (Å²) in [7, 11) is -4.30. The van der Waals surface area contributed by atoms with E-state index in [1.54, 1.807) is 12.1 Å². The lowest BCUT2D eigenvalue weighted by Gasteiger charge is -2.15. The highest BCUT2D eigenvalue weighted by molar-refractivity contribution is 7.86. The van der Waals surface area contributed by atoms with Crippen molar-refractivity contribution in [3.63, 3.8) is 0 Å². The van der Waals surface area contributed by atoms with Gasteiger partial charge in [0.2, 0.25) is 5.69 Å². The summed E-state index contributed by atoms with van der Waals surface area (Å²) in [6, 6.07) is 4.94. The molecule has 0 saturated heterocycles. The van der Waals surface area contributed by atoms with Crippen LogP contribution in [0.25, 0.3) is 0 Å². The minimum absolute atomic E-state index is 0.222. The van der Waals surface area contributed by atoms with Crippen molar-refractivity contribution in [3.8, 4) is 0 Å². The molecule has 0 bridgehead atoms. The average molecular weight is 339 g/mol. The van der Waals surface area contributed by atoms with Crippen LogP contribution < -0.4 is 0 Å². The lowest BCUT2D eigenvalue weighted by Crippen LogP contribution is -2.28. The Kier molecular flexibility index (Phi) is 4.38. The number of carboxylic acid groups (broad SMARTS) is 1. The molecule has 0 fully saturated rings. The SMILES string of the molecule is CC1=[N+](CCC(C)S(=O)(=O)[O-])c2ccc(C(=O)O)cc2C1(C)C. The molecule has 0 aliphatic carbocycles. The van der Waals surface area contributed by atoms with E-state index in [2.05, 4.69) is 0 Å². The van der Waals surface area contributed by atoms with Gasteiger partial charge in [0.25, 0.3) is 0 Å². The fourth-order valence-electron chi connectivity index (χ4n) is 2.86. The third kappa shape index (κ3) is 3.16. The Morgan fingerprint density at radius 2 is 2.00 bits per heavy atom. The van der Waals surface area contributed by atoms with Crippen LogP contribution in [0.1, 0.15) is 50.0 Å². The van der Waals surface area contributed by atoms with E-state index in [4.69, 9.17) is 5.11 Å². The first-order valence-electron chi connectivity index (χ1n) is 7.40. The molecule has 1 aromatic carbocycles. The van der Waals surface area contributed by atoms with Gasteiger partial charge in [-0.2, -0.15) is 4.58 Å². The second-order valence-corrected chi connectivity index (χ2v) is 8.28. The van der Waals surface area contributed by atoms with E-state index >= 15 is 0 Å². The zero-order valence-electron chi connectivity index (χ0n) is 13.7. The molecule has 0 aromatic heterocycles. The average Bonchev–Trinajstić information content (AvgIpc) is 2.63.